The lowest BCUT2D eigenvalue weighted by molar-refractivity contribution is -0.143. The number of hydrogen-bond donors (Lipinski definition) is 1. The number of para-hydroxylation sites is 1. The van der Waals surface area contributed by atoms with Gasteiger partial charge in [0.15, 0.2) is 5.69 Å². The predicted octanol–water partition coefficient (Wildman–Crippen LogP) is 2.75. The second-order valence-electron chi connectivity index (χ2n) is 6.18. The minimum atomic E-state index is -4.80. The number of hydrogen-bond acceptors (Lipinski definition) is 3. The van der Waals surface area contributed by atoms with E-state index in [2.05, 4.69) is 5.10 Å². The highest BCUT2D eigenvalue weighted by Crippen LogP contribution is 2.35. The van der Waals surface area contributed by atoms with E-state index in [9.17, 15) is 22.8 Å². The van der Waals surface area contributed by atoms with Crippen molar-refractivity contribution in [1.82, 2.24) is 14.7 Å². The lowest BCUT2D eigenvalue weighted by Crippen LogP contribution is -2.31. The van der Waals surface area contributed by atoms with Gasteiger partial charge in [0.05, 0.1) is 23.4 Å². The Morgan fingerprint density at radius 2 is 1.96 bits per heavy atom. The van der Waals surface area contributed by atoms with Crippen molar-refractivity contribution in [2.45, 2.75) is 19.5 Å². The molecular formula is C17H16F3N3O3. The first-order valence-corrected chi connectivity index (χ1v) is 7.93. The maximum Gasteiger partial charge on any atom is 0.434 e. The van der Waals surface area contributed by atoms with E-state index < -0.39 is 35.2 Å². The third kappa shape index (κ3) is 3.16. The highest BCUT2D eigenvalue weighted by Gasteiger charge is 2.42. The minimum Gasteiger partial charge on any atom is -0.481 e. The van der Waals surface area contributed by atoms with Crippen molar-refractivity contribution < 1.29 is 27.9 Å². The molecule has 0 unspecified atom stereocenters. The molecule has 3 rings (SSSR count). The van der Waals surface area contributed by atoms with E-state index in [0.29, 0.717) is 10.2 Å². The van der Waals surface area contributed by atoms with Crippen LogP contribution in [0, 0.1) is 12.8 Å². The zero-order valence-electron chi connectivity index (χ0n) is 13.8. The molecule has 1 saturated heterocycles. The molecule has 2 aromatic rings. The summed E-state index contributed by atoms with van der Waals surface area (Å²) in [6, 6.07) is 6.42. The Morgan fingerprint density at radius 3 is 2.54 bits per heavy atom. The number of aliphatic carboxylic acids is 1. The van der Waals surface area contributed by atoms with Crippen LogP contribution in [0.25, 0.3) is 5.69 Å². The van der Waals surface area contributed by atoms with Crippen molar-refractivity contribution in [2.24, 2.45) is 5.92 Å². The fourth-order valence-electron chi connectivity index (χ4n) is 3.08. The summed E-state index contributed by atoms with van der Waals surface area (Å²) >= 11 is 0. The van der Waals surface area contributed by atoms with Gasteiger partial charge in [0.25, 0.3) is 5.91 Å². The van der Waals surface area contributed by atoms with E-state index in [1.165, 1.54) is 6.07 Å². The largest absolute Gasteiger partial charge is 0.481 e. The first kappa shape index (κ1) is 18.0. The summed E-state index contributed by atoms with van der Waals surface area (Å²) in [4.78, 5) is 24.7. The van der Waals surface area contributed by atoms with Crippen molar-refractivity contribution >= 4 is 11.9 Å². The van der Waals surface area contributed by atoms with E-state index in [-0.39, 0.29) is 25.2 Å². The van der Waals surface area contributed by atoms with E-state index >= 15 is 0 Å². The van der Waals surface area contributed by atoms with Gasteiger partial charge in [0.2, 0.25) is 0 Å². The Labute approximate surface area is 146 Å². The number of nitrogens with zero attached hydrogens (tertiary/aromatic N) is 3. The number of alkyl halides is 3. The topological polar surface area (TPSA) is 75.4 Å². The lowest BCUT2D eigenvalue weighted by atomic mass is 10.1. The standard InChI is InChI=1S/C17H16F3N3O3/c1-10-4-2-3-5-13(10)23-14(17(18,19)20)12(8-21-23)15(24)22-7-6-11(9-22)16(25)26/h2-5,8,11H,6-7,9H2,1H3,(H,25,26)/t11-/m0/s1. The molecule has 26 heavy (non-hydrogen) atoms. The Kier molecular flexibility index (Phi) is 4.47. The van der Waals surface area contributed by atoms with Crippen molar-refractivity contribution in [2.75, 3.05) is 13.1 Å². The average Bonchev–Trinajstić information content (AvgIpc) is 3.21. The number of likely N-dealkylation sites (tertiary alicyclic amines) is 1. The average molecular weight is 367 g/mol. The quantitative estimate of drug-likeness (QED) is 0.905. The van der Waals surface area contributed by atoms with E-state index in [4.69, 9.17) is 5.11 Å². The molecule has 1 aromatic carbocycles. The summed E-state index contributed by atoms with van der Waals surface area (Å²) in [7, 11) is 0. The van der Waals surface area contributed by atoms with Gasteiger partial charge in [-0.1, -0.05) is 18.2 Å². The third-order valence-corrected chi connectivity index (χ3v) is 4.44. The van der Waals surface area contributed by atoms with Gasteiger partial charge in [-0.15, -0.1) is 0 Å². The summed E-state index contributed by atoms with van der Waals surface area (Å²) in [5.41, 5.74) is -0.932. The summed E-state index contributed by atoms with van der Waals surface area (Å²) in [6.45, 7) is 1.64. The van der Waals surface area contributed by atoms with E-state index in [1.807, 2.05) is 0 Å². The van der Waals surface area contributed by atoms with Gasteiger partial charge in [-0.25, -0.2) is 4.68 Å². The molecular weight excluding hydrogens is 351 g/mol. The van der Waals surface area contributed by atoms with Crippen LogP contribution in [0.3, 0.4) is 0 Å². The highest BCUT2D eigenvalue weighted by atomic mass is 19.4. The predicted molar refractivity (Wildman–Crippen MR) is 84.9 cm³/mol. The molecule has 2 heterocycles. The second-order valence-corrected chi connectivity index (χ2v) is 6.18. The molecule has 1 amide bonds. The molecule has 0 aliphatic carbocycles. The summed E-state index contributed by atoms with van der Waals surface area (Å²) in [6.07, 6.45) is -3.68. The summed E-state index contributed by atoms with van der Waals surface area (Å²) < 4.78 is 41.8. The van der Waals surface area contributed by atoms with Crippen molar-refractivity contribution in [3.63, 3.8) is 0 Å². The van der Waals surface area contributed by atoms with Crippen LogP contribution < -0.4 is 0 Å². The van der Waals surface area contributed by atoms with Crippen LogP contribution in [0.2, 0.25) is 0 Å². The fourth-order valence-corrected chi connectivity index (χ4v) is 3.08. The second kappa shape index (κ2) is 6.47. The molecule has 1 aliphatic rings. The van der Waals surface area contributed by atoms with Crippen LogP contribution in [-0.4, -0.2) is 44.8 Å². The number of benzene rings is 1. The molecule has 1 fully saturated rings. The molecule has 0 spiro atoms. The smallest absolute Gasteiger partial charge is 0.434 e. The van der Waals surface area contributed by atoms with Crippen LogP contribution >= 0.6 is 0 Å². The van der Waals surface area contributed by atoms with Crippen LogP contribution in [0.5, 0.6) is 0 Å². The molecule has 6 nitrogen and oxygen atoms in total. The van der Waals surface area contributed by atoms with Crippen LogP contribution in [0.15, 0.2) is 30.5 Å². The molecule has 9 heteroatoms. The summed E-state index contributed by atoms with van der Waals surface area (Å²) in [5, 5.41) is 12.8. The van der Waals surface area contributed by atoms with Crippen molar-refractivity contribution in [1.29, 1.82) is 0 Å². The number of carbonyl (C=O) groups is 2. The van der Waals surface area contributed by atoms with Gasteiger partial charge in [0, 0.05) is 13.1 Å². The SMILES string of the molecule is Cc1ccccc1-n1ncc(C(=O)N2CC[C@H](C(=O)O)C2)c1C(F)(F)F. The molecule has 138 valence electrons. The van der Waals surface area contributed by atoms with Crippen molar-refractivity contribution in [3.05, 3.63) is 47.3 Å². The first-order chi connectivity index (χ1) is 12.2. The number of carbonyl (C=O) groups excluding carboxylic acids is 1. The fraction of sp³-hybridized carbons (Fsp3) is 0.353. The lowest BCUT2D eigenvalue weighted by Gasteiger charge is -2.18. The molecule has 0 bridgehead atoms. The summed E-state index contributed by atoms with van der Waals surface area (Å²) in [5.74, 6) is -2.69. The van der Waals surface area contributed by atoms with Gasteiger partial charge in [0.1, 0.15) is 0 Å². The molecule has 0 radical (unpaired) electrons. The number of carboxylic acid groups (broad SMARTS) is 1. The number of rotatable bonds is 3. The first-order valence-electron chi connectivity index (χ1n) is 7.93. The van der Waals surface area contributed by atoms with Gasteiger partial charge in [-0.3, -0.25) is 9.59 Å². The maximum atomic E-state index is 13.7. The Bertz CT molecular complexity index is 860. The number of aromatic nitrogens is 2. The zero-order chi connectivity index (χ0) is 19.1. The molecule has 1 aliphatic heterocycles. The molecule has 0 saturated carbocycles. The van der Waals surface area contributed by atoms with Crippen LogP contribution in [0.4, 0.5) is 13.2 Å². The molecule has 1 N–H and O–H groups in total. The van der Waals surface area contributed by atoms with Crippen LogP contribution in [-0.2, 0) is 11.0 Å². The van der Waals surface area contributed by atoms with E-state index in [1.54, 1.807) is 25.1 Å². The van der Waals surface area contributed by atoms with Gasteiger partial charge >= 0.3 is 12.1 Å². The van der Waals surface area contributed by atoms with E-state index in [0.717, 1.165) is 11.1 Å². The Morgan fingerprint density at radius 1 is 1.27 bits per heavy atom. The number of amides is 1. The third-order valence-electron chi connectivity index (χ3n) is 4.44. The molecule has 1 aromatic heterocycles. The number of halogens is 3. The molecule has 1 atom stereocenters. The Balaban J connectivity index is 2.03. The normalized spacial score (nSPS) is 17.5. The number of aryl methyl sites for hydroxylation is 1. The van der Waals surface area contributed by atoms with Gasteiger partial charge in [-0.2, -0.15) is 18.3 Å². The van der Waals surface area contributed by atoms with Gasteiger partial charge < -0.3 is 10.0 Å². The van der Waals surface area contributed by atoms with Crippen molar-refractivity contribution in [3.8, 4) is 5.69 Å². The maximum absolute atomic E-state index is 13.7. The van der Waals surface area contributed by atoms with Gasteiger partial charge in [-0.05, 0) is 25.0 Å². The Hall–Kier alpha value is -2.84. The zero-order valence-corrected chi connectivity index (χ0v) is 13.8. The minimum absolute atomic E-state index is 0.0998. The monoisotopic (exact) mass is 367 g/mol. The van der Waals surface area contributed by atoms with Crippen LogP contribution in [0.1, 0.15) is 28.0 Å². The number of carboxylic acids is 1. The highest BCUT2D eigenvalue weighted by molar-refractivity contribution is 5.96.